The van der Waals surface area contributed by atoms with Crippen molar-refractivity contribution in [2.24, 2.45) is 0 Å². The summed E-state index contributed by atoms with van der Waals surface area (Å²) in [7, 11) is 5.59. The van der Waals surface area contributed by atoms with E-state index in [1.807, 2.05) is 6.92 Å². The van der Waals surface area contributed by atoms with E-state index >= 15 is 0 Å². The molecule has 5 heteroatoms. The molecule has 0 atom stereocenters. The molecule has 0 aliphatic heterocycles. The molecule has 0 saturated heterocycles. The highest BCUT2D eigenvalue weighted by Crippen LogP contribution is 1.87. The monoisotopic (exact) mass is 158 g/mol. The van der Waals surface area contributed by atoms with Crippen LogP contribution in [0.1, 0.15) is 5.82 Å². The van der Waals surface area contributed by atoms with Crippen LogP contribution >= 0.6 is 20.6 Å². The normalized spacial score (nSPS) is 8.75. The zero-order valence-corrected chi connectivity index (χ0v) is 7.37. The second-order valence-electron chi connectivity index (χ2n) is 1.37. The molecule has 0 aliphatic carbocycles. The van der Waals surface area contributed by atoms with Crippen molar-refractivity contribution in [3.8, 4) is 0 Å². The van der Waals surface area contributed by atoms with Gasteiger partial charge in [0.2, 0.25) is 0 Å². The lowest BCUT2D eigenvalue weighted by atomic mass is 10.8. The second-order valence-corrected chi connectivity index (χ2v) is 4.46. The number of rotatable bonds is 1. The van der Waals surface area contributed by atoms with Crippen LogP contribution in [-0.4, -0.2) is 28.6 Å². The molecular weight excluding hydrogens is 156 g/mol. The van der Waals surface area contributed by atoms with Crippen LogP contribution in [0.3, 0.4) is 0 Å². The molecular formula is C3H3ClMgN2S. The minimum absolute atomic E-state index is 0.571. The van der Waals surface area contributed by atoms with Crippen LogP contribution in [0.4, 0.5) is 0 Å². The van der Waals surface area contributed by atoms with Crippen LogP contribution in [0.25, 0.3) is 0 Å². The Balaban J connectivity index is 2.84. The predicted octanol–water partition coefficient (Wildman–Crippen LogP) is 0.330. The lowest BCUT2D eigenvalue weighted by molar-refractivity contribution is 1.18. The first-order valence-corrected chi connectivity index (χ1v) is 5.80. The third kappa shape index (κ3) is 1.55. The number of nitrogens with zero attached hydrogens (tertiary/aromatic N) is 2. The van der Waals surface area contributed by atoms with Crippen LogP contribution in [0.15, 0.2) is 0 Å². The topological polar surface area (TPSA) is 25.8 Å². The maximum absolute atomic E-state index is 5.59. The largest absolute Gasteiger partial charge is 0.584 e. The van der Waals surface area contributed by atoms with E-state index in [0.717, 1.165) is 8.96 Å². The van der Waals surface area contributed by atoms with Crippen molar-refractivity contribution in [1.29, 1.82) is 0 Å². The molecule has 0 aliphatic rings. The highest BCUT2D eigenvalue weighted by atomic mass is 35.5. The van der Waals surface area contributed by atoms with Gasteiger partial charge in [-0.25, -0.2) is 0 Å². The van der Waals surface area contributed by atoms with E-state index in [9.17, 15) is 0 Å². The second kappa shape index (κ2) is 2.96. The van der Waals surface area contributed by atoms with Crippen molar-refractivity contribution < 1.29 is 0 Å². The Morgan fingerprint density at radius 3 is 2.75 bits per heavy atom. The van der Waals surface area contributed by atoms with Crippen molar-refractivity contribution in [3.63, 3.8) is 0 Å². The number of aromatic nitrogens is 2. The molecule has 0 N–H and O–H groups in total. The zero-order chi connectivity index (χ0) is 5.98. The molecule has 0 aromatic carbocycles. The number of halogens is 1. The minimum Gasteiger partial charge on any atom is -0.330 e. The van der Waals surface area contributed by atoms with Crippen LogP contribution in [0.2, 0.25) is 0 Å². The van der Waals surface area contributed by atoms with Crippen LogP contribution in [0, 0.1) is 6.92 Å². The summed E-state index contributed by atoms with van der Waals surface area (Å²) in [6.07, 6.45) is 0. The molecule has 1 aromatic heterocycles. The van der Waals surface area contributed by atoms with Gasteiger partial charge in [-0.3, -0.25) is 4.98 Å². The Morgan fingerprint density at radius 1 is 1.75 bits per heavy atom. The van der Waals surface area contributed by atoms with Gasteiger partial charge in [0.25, 0.3) is 0 Å². The Kier molecular flexibility index (Phi) is 2.49. The highest BCUT2D eigenvalue weighted by Gasteiger charge is 1.99. The third-order valence-corrected chi connectivity index (χ3v) is 3.78. The molecule has 0 radical (unpaired) electrons. The maximum Gasteiger partial charge on any atom is 0.584 e. The van der Waals surface area contributed by atoms with Crippen molar-refractivity contribution >= 4 is 43.0 Å². The van der Waals surface area contributed by atoms with Gasteiger partial charge in [0.15, 0.2) is 0 Å². The minimum atomic E-state index is -0.571. The van der Waals surface area contributed by atoms with Gasteiger partial charge in [0.1, 0.15) is 5.82 Å². The quantitative estimate of drug-likeness (QED) is 0.551. The number of aryl methyl sites for hydroxylation is 1. The van der Waals surface area contributed by atoms with Gasteiger partial charge in [-0.15, -0.1) is 0 Å². The number of hydrogen-bond acceptors (Lipinski definition) is 3. The van der Waals surface area contributed by atoms with Gasteiger partial charge in [-0.1, -0.05) is 11.5 Å². The van der Waals surface area contributed by atoms with E-state index in [0.29, 0.717) is 0 Å². The molecule has 1 aromatic rings. The van der Waals surface area contributed by atoms with Crippen molar-refractivity contribution in [1.82, 2.24) is 9.36 Å². The zero-order valence-electron chi connectivity index (χ0n) is 4.39. The summed E-state index contributed by atoms with van der Waals surface area (Å²) in [5, 5.41) is 0. The Labute approximate surface area is 64.9 Å². The Bertz CT molecular complexity index is 178. The average molecular weight is 159 g/mol. The fraction of sp³-hybridized carbons (Fsp3) is 0.333. The summed E-state index contributed by atoms with van der Waals surface area (Å²) in [6, 6.07) is 0. The van der Waals surface area contributed by atoms with Gasteiger partial charge < -0.3 is 9.07 Å². The third-order valence-electron chi connectivity index (χ3n) is 0.684. The van der Waals surface area contributed by atoms with E-state index in [4.69, 9.17) is 9.07 Å². The fourth-order valence-corrected chi connectivity index (χ4v) is 2.14. The molecule has 2 nitrogen and oxygen atoms in total. The molecule has 0 bridgehead atoms. The van der Waals surface area contributed by atoms with E-state index in [-0.39, 0.29) is 0 Å². The summed E-state index contributed by atoms with van der Waals surface area (Å²) in [5.41, 5.74) is 0. The summed E-state index contributed by atoms with van der Waals surface area (Å²) < 4.78 is 5.00. The first-order chi connectivity index (χ1) is 3.83. The van der Waals surface area contributed by atoms with Crippen LogP contribution in [-0.2, 0) is 0 Å². The average Bonchev–Trinajstić information content (AvgIpc) is 2.14. The van der Waals surface area contributed by atoms with Crippen LogP contribution in [0.5, 0.6) is 0 Å². The Morgan fingerprint density at radius 2 is 2.50 bits per heavy atom. The van der Waals surface area contributed by atoms with E-state index in [1.165, 1.54) is 11.5 Å². The fourth-order valence-electron chi connectivity index (χ4n) is 0.394. The Hall–Kier alpha value is 0.616. The van der Waals surface area contributed by atoms with Crippen molar-refractivity contribution in [2.45, 2.75) is 6.92 Å². The predicted molar refractivity (Wildman–Crippen MR) is 35.9 cm³/mol. The molecule has 0 fully saturated rings. The SMILES string of the molecule is Cc1ns[c]([Mg][Cl])n1. The molecule has 1 rings (SSSR count). The molecule has 8 heavy (non-hydrogen) atoms. The highest BCUT2D eigenvalue weighted by molar-refractivity contribution is 7.23. The first kappa shape index (κ1) is 6.73. The lowest BCUT2D eigenvalue weighted by Gasteiger charge is -1.73. The van der Waals surface area contributed by atoms with E-state index in [1.54, 1.807) is 0 Å². The van der Waals surface area contributed by atoms with Gasteiger partial charge in [-0.2, -0.15) is 4.37 Å². The standard InChI is InChI=1S/C3H3N2S.ClH.Mg/c1-3-4-2-6-5-3;;/h1H3;1H;/q;;+1/p-1. The van der Waals surface area contributed by atoms with Gasteiger partial charge in [0, 0.05) is 3.14 Å². The summed E-state index contributed by atoms with van der Waals surface area (Å²) >= 11 is 0.847. The molecule has 0 spiro atoms. The summed E-state index contributed by atoms with van der Waals surface area (Å²) in [5.74, 6) is 0.846. The number of hydrogen-bond donors (Lipinski definition) is 0. The van der Waals surface area contributed by atoms with Crippen molar-refractivity contribution in [3.05, 3.63) is 5.82 Å². The van der Waals surface area contributed by atoms with Gasteiger partial charge in [-0.05, 0) is 6.92 Å². The smallest absolute Gasteiger partial charge is 0.330 e. The van der Waals surface area contributed by atoms with Crippen LogP contribution < -0.4 is 3.14 Å². The molecule has 1 heterocycles. The van der Waals surface area contributed by atoms with E-state index in [2.05, 4.69) is 9.36 Å². The molecule has 40 valence electrons. The maximum atomic E-state index is 5.59. The van der Waals surface area contributed by atoms with Gasteiger partial charge >= 0.3 is 19.3 Å². The van der Waals surface area contributed by atoms with Crippen molar-refractivity contribution in [2.75, 3.05) is 0 Å². The molecule has 0 unspecified atom stereocenters. The van der Waals surface area contributed by atoms with E-state index < -0.39 is 19.3 Å². The first-order valence-electron chi connectivity index (χ1n) is 2.18. The lowest BCUT2D eigenvalue weighted by Crippen LogP contribution is -2.05. The molecule has 0 saturated carbocycles. The molecule has 0 amide bonds. The summed E-state index contributed by atoms with van der Waals surface area (Å²) in [4.78, 5) is 4.07. The summed E-state index contributed by atoms with van der Waals surface area (Å²) in [6.45, 7) is 1.88. The van der Waals surface area contributed by atoms with Gasteiger partial charge in [0.05, 0.1) is 0 Å².